The summed E-state index contributed by atoms with van der Waals surface area (Å²) in [5, 5.41) is 8.96. The smallest absolute Gasteiger partial charge is 0.328 e. The lowest BCUT2D eigenvalue weighted by molar-refractivity contribution is -0.131. The maximum absolute atomic E-state index is 10.6. The summed E-state index contributed by atoms with van der Waals surface area (Å²) in [4.78, 5) is 10.6. The standard InChI is InChI=1S/C14H14Cl2O5/c1-19-11-5-9(3-4-13(17)18)6-12(20-2)14(11)21-8-10(16)7-15/h3-7H,8H2,1-2H3,(H,17,18). The van der Waals surface area contributed by atoms with Crippen molar-refractivity contribution in [1.29, 1.82) is 0 Å². The van der Waals surface area contributed by atoms with Crippen LogP contribution >= 0.6 is 23.2 Å². The van der Waals surface area contributed by atoms with Crippen molar-refractivity contribution in [1.82, 2.24) is 0 Å². The highest BCUT2D eigenvalue weighted by molar-refractivity contribution is 6.36. The van der Waals surface area contributed by atoms with Crippen LogP contribution in [0.4, 0.5) is 0 Å². The summed E-state index contributed by atoms with van der Waals surface area (Å²) in [6, 6.07) is 3.24. The van der Waals surface area contributed by atoms with Crippen LogP contribution in [0.5, 0.6) is 17.2 Å². The molecule has 0 amide bonds. The molecule has 0 atom stereocenters. The van der Waals surface area contributed by atoms with Gasteiger partial charge in [0.25, 0.3) is 0 Å². The van der Waals surface area contributed by atoms with Crippen molar-refractivity contribution in [3.8, 4) is 17.2 Å². The normalized spacial score (nSPS) is 11.5. The fourth-order valence-electron chi connectivity index (χ4n) is 1.48. The molecule has 5 nitrogen and oxygen atoms in total. The van der Waals surface area contributed by atoms with E-state index in [0.717, 1.165) is 6.08 Å². The number of carboxylic acid groups (broad SMARTS) is 1. The first kappa shape index (κ1) is 17.2. The van der Waals surface area contributed by atoms with E-state index >= 15 is 0 Å². The van der Waals surface area contributed by atoms with Gasteiger partial charge in [-0.05, 0) is 23.8 Å². The summed E-state index contributed by atoms with van der Waals surface area (Å²) >= 11 is 11.2. The summed E-state index contributed by atoms with van der Waals surface area (Å²) in [6.45, 7) is 0.0576. The molecule has 21 heavy (non-hydrogen) atoms. The Morgan fingerprint density at radius 1 is 1.29 bits per heavy atom. The molecular weight excluding hydrogens is 319 g/mol. The fourth-order valence-corrected chi connectivity index (χ4v) is 1.60. The molecule has 7 heteroatoms. The molecule has 0 fully saturated rings. The third-order valence-corrected chi connectivity index (χ3v) is 2.97. The van der Waals surface area contributed by atoms with Gasteiger partial charge in [0.05, 0.1) is 19.3 Å². The maximum Gasteiger partial charge on any atom is 0.328 e. The van der Waals surface area contributed by atoms with Gasteiger partial charge in [-0.3, -0.25) is 0 Å². The molecule has 0 saturated heterocycles. The van der Waals surface area contributed by atoms with Crippen molar-refractivity contribution in [2.75, 3.05) is 20.8 Å². The fraction of sp³-hybridized carbons (Fsp3) is 0.214. The van der Waals surface area contributed by atoms with Gasteiger partial charge in [0, 0.05) is 11.6 Å². The average Bonchev–Trinajstić information content (AvgIpc) is 2.49. The second kappa shape index (κ2) is 8.44. The Bertz CT molecular complexity index is 541. The highest BCUT2D eigenvalue weighted by Crippen LogP contribution is 2.39. The van der Waals surface area contributed by atoms with Gasteiger partial charge in [-0.25, -0.2) is 4.79 Å². The number of rotatable bonds is 7. The predicted octanol–water partition coefficient (Wildman–Crippen LogP) is 3.50. The quantitative estimate of drug-likeness (QED) is 0.774. The average molecular weight is 333 g/mol. The van der Waals surface area contributed by atoms with E-state index in [1.165, 1.54) is 25.8 Å². The minimum atomic E-state index is -1.05. The second-order valence-electron chi connectivity index (χ2n) is 3.77. The topological polar surface area (TPSA) is 65.0 Å². The van der Waals surface area contributed by atoms with Crippen LogP contribution in [0.25, 0.3) is 6.08 Å². The molecule has 0 radical (unpaired) electrons. The van der Waals surface area contributed by atoms with Crippen LogP contribution in [0.2, 0.25) is 0 Å². The van der Waals surface area contributed by atoms with Crippen molar-refractivity contribution in [3.63, 3.8) is 0 Å². The highest BCUT2D eigenvalue weighted by atomic mass is 35.5. The SMILES string of the molecule is COc1cc(C=CC(=O)O)cc(OC)c1OCC(Cl)=CCl. The molecule has 1 rings (SSSR count). The van der Waals surface area contributed by atoms with Gasteiger partial charge in [0.2, 0.25) is 5.75 Å². The van der Waals surface area contributed by atoms with E-state index in [2.05, 4.69) is 0 Å². The lowest BCUT2D eigenvalue weighted by atomic mass is 10.1. The van der Waals surface area contributed by atoms with Crippen molar-refractivity contribution in [3.05, 3.63) is 34.3 Å². The van der Waals surface area contributed by atoms with E-state index in [4.69, 9.17) is 42.5 Å². The number of halogens is 2. The minimum absolute atomic E-state index is 0.0576. The van der Waals surface area contributed by atoms with Crippen molar-refractivity contribution < 1.29 is 24.1 Å². The van der Waals surface area contributed by atoms with Crippen molar-refractivity contribution in [2.24, 2.45) is 0 Å². The van der Waals surface area contributed by atoms with Gasteiger partial charge < -0.3 is 19.3 Å². The number of ether oxygens (including phenoxy) is 3. The Balaban J connectivity index is 3.15. The summed E-state index contributed by atoms with van der Waals surface area (Å²) in [5.74, 6) is 0.0771. The number of benzene rings is 1. The summed E-state index contributed by atoms with van der Waals surface area (Å²) < 4.78 is 15.9. The van der Waals surface area contributed by atoms with E-state index < -0.39 is 5.97 Å². The molecule has 0 aromatic heterocycles. The number of aliphatic carboxylic acids is 1. The van der Waals surface area contributed by atoms with Crippen LogP contribution in [0.15, 0.2) is 28.8 Å². The van der Waals surface area contributed by atoms with Crippen LogP contribution in [-0.2, 0) is 4.79 Å². The van der Waals surface area contributed by atoms with Gasteiger partial charge in [-0.15, -0.1) is 0 Å². The van der Waals surface area contributed by atoms with Crippen LogP contribution in [-0.4, -0.2) is 31.9 Å². The first-order valence-corrected chi connectivity index (χ1v) is 6.57. The third-order valence-electron chi connectivity index (χ3n) is 2.37. The van der Waals surface area contributed by atoms with E-state index in [9.17, 15) is 4.79 Å². The number of hydrogen-bond acceptors (Lipinski definition) is 4. The van der Waals surface area contributed by atoms with Gasteiger partial charge in [-0.1, -0.05) is 23.2 Å². The molecule has 114 valence electrons. The van der Waals surface area contributed by atoms with Crippen LogP contribution in [0, 0.1) is 0 Å². The predicted molar refractivity (Wildman–Crippen MR) is 81.5 cm³/mol. The number of methoxy groups -OCH3 is 2. The second-order valence-corrected chi connectivity index (χ2v) is 4.47. The van der Waals surface area contributed by atoms with Crippen molar-refractivity contribution >= 4 is 35.2 Å². The zero-order chi connectivity index (χ0) is 15.8. The molecule has 0 spiro atoms. The van der Waals surface area contributed by atoms with E-state index in [0.29, 0.717) is 27.8 Å². The molecule has 0 bridgehead atoms. The lowest BCUT2D eigenvalue weighted by Gasteiger charge is -2.15. The highest BCUT2D eigenvalue weighted by Gasteiger charge is 2.14. The van der Waals surface area contributed by atoms with Gasteiger partial charge in [0.1, 0.15) is 6.61 Å². The Hall–Kier alpha value is -1.85. The van der Waals surface area contributed by atoms with Gasteiger partial charge in [-0.2, -0.15) is 0 Å². The molecule has 0 aliphatic heterocycles. The van der Waals surface area contributed by atoms with E-state index in [1.807, 2.05) is 0 Å². The molecule has 0 aliphatic rings. The zero-order valence-electron chi connectivity index (χ0n) is 11.4. The largest absolute Gasteiger partial charge is 0.493 e. The Morgan fingerprint density at radius 3 is 2.29 bits per heavy atom. The third kappa shape index (κ3) is 5.21. The summed E-state index contributed by atoms with van der Waals surface area (Å²) in [7, 11) is 2.93. The number of hydrogen-bond donors (Lipinski definition) is 1. The van der Waals surface area contributed by atoms with Gasteiger partial charge in [0.15, 0.2) is 11.5 Å². The maximum atomic E-state index is 10.6. The first-order valence-electron chi connectivity index (χ1n) is 5.76. The molecule has 1 N–H and O–H groups in total. The van der Waals surface area contributed by atoms with E-state index in [-0.39, 0.29) is 6.61 Å². The Morgan fingerprint density at radius 2 is 1.86 bits per heavy atom. The summed E-state index contributed by atoms with van der Waals surface area (Å²) in [5.41, 5.74) is 1.79. The monoisotopic (exact) mass is 332 g/mol. The number of carbonyl (C=O) groups is 1. The molecular formula is C14H14Cl2O5. The molecule has 0 saturated carbocycles. The van der Waals surface area contributed by atoms with Gasteiger partial charge >= 0.3 is 5.97 Å². The van der Waals surface area contributed by atoms with E-state index in [1.54, 1.807) is 12.1 Å². The zero-order valence-corrected chi connectivity index (χ0v) is 12.9. The minimum Gasteiger partial charge on any atom is -0.493 e. The Labute approximate surface area is 132 Å². The molecule has 0 aliphatic carbocycles. The van der Waals surface area contributed by atoms with Crippen molar-refractivity contribution in [2.45, 2.75) is 0 Å². The lowest BCUT2D eigenvalue weighted by Crippen LogP contribution is -2.02. The molecule has 0 unspecified atom stereocenters. The van der Waals surface area contributed by atoms with Crippen LogP contribution < -0.4 is 14.2 Å². The van der Waals surface area contributed by atoms with Crippen LogP contribution in [0.3, 0.4) is 0 Å². The van der Waals surface area contributed by atoms with Crippen LogP contribution in [0.1, 0.15) is 5.56 Å². The molecule has 1 aromatic rings. The molecule has 0 heterocycles. The number of carboxylic acids is 1. The molecule has 1 aromatic carbocycles. The first-order chi connectivity index (χ1) is 10.0. The summed E-state index contributed by atoms with van der Waals surface area (Å²) in [6.07, 6.45) is 2.44. The Kier molecular flexibility index (Phi) is 6.91.